The summed E-state index contributed by atoms with van der Waals surface area (Å²) in [6, 6.07) is 9.39. The number of thioether (sulfide) groups is 1. The number of aliphatic imine (C=N–C) groups is 1. The highest BCUT2D eigenvalue weighted by Gasteiger charge is 2.31. The Morgan fingerprint density at radius 3 is 2.79 bits per heavy atom. The molecule has 1 amide bonds. The maximum absolute atomic E-state index is 12.5. The molecule has 2 heterocycles. The Balaban J connectivity index is 1.52. The van der Waals surface area contributed by atoms with Crippen LogP contribution in [0.2, 0.25) is 0 Å². The molecule has 0 fully saturated rings. The van der Waals surface area contributed by atoms with Gasteiger partial charge in [-0.05, 0) is 5.56 Å². The number of rotatable bonds is 7. The van der Waals surface area contributed by atoms with Gasteiger partial charge in [-0.25, -0.2) is 4.98 Å². The average molecular weight is 420 g/mol. The van der Waals surface area contributed by atoms with Crippen molar-refractivity contribution in [2.45, 2.75) is 37.2 Å². The first-order chi connectivity index (χ1) is 13.4. The zero-order valence-electron chi connectivity index (χ0n) is 16.5. The van der Waals surface area contributed by atoms with E-state index in [1.54, 1.807) is 18.0 Å². The molecule has 3 rings (SSSR count). The monoisotopic (exact) mass is 419 g/mol. The second-order valence-corrected chi connectivity index (χ2v) is 9.80. The number of carbonyl (C=O) groups is 1. The van der Waals surface area contributed by atoms with Gasteiger partial charge in [0.25, 0.3) is 5.91 Å². The third kappa shape index (κ3) is 5.33. The van der Waals surface area contributed by atoms with Crippen molar-refractivity contribution in [3.63, 3.8) is 0 Å². The number of aromatic nitrogens is 1. The minimum absolute atomic E-state index is 0.0779. The van der Waals surface area contributed by atoms with Crippen LogP contribution >= 0.6 is 23.1 Å². The molecule has 2 aromatic rings. The first-order valence-corrected chi connectivity index (χ1v) is 10.8. The maximum atomic E-state index is 12.5. The summed E-state index contributed by atoms with van der Waals surface area (Å²) in [6.07, 6.45) is 1.21. The van der Waals surface area contributed by atoms with Crippen molar-refractivity contribution in [3.8, 4) is 0 Å². The number of anilines is 1. The molecule has 0 spiro atoms. The highest BCUT2D eigenvalue weighted by atomic mass is 32.2. The maximum Gasteiger partial charge on any atom is 0.259 e. The van der Waals surface area contributed by atoms with E-state index in [1.165, 1.54) is 18.4 Å². The van der Waals surface area contributed by atoms with Crippen LogP contribution in [0.15, 0.2) is 45.7 Å². The third-order valence-electron chi connectivity index (χ3n) is 4.31. The number of hydrogen-bond acceptors (Lipinski definition) is 7. The largest absolute Gasteiger partial charge is 0.475 e. The van der Waals surface area contributed by atoms with Crippen LogP contribution in [-0.2, 0) is 14.3 Å². The summed E-state index contributed by atoms with van der Waals surface area (Å²) >= 11 is 3.03. The van der Waals surface area contributed by atoms with E-state index in [2.05, 4.69) is 36.1 Å². The first-order valence-electron chi connectivity index (χ1n) is 9.04. The van der Waals surface area contributed by atoms with E-state index in [4.69, 9.17) is 9.47 Å². The molecule has 1 aromatic carbocycles. The molecule has 0 bridgehead atoms. The lowest BCUT2D eigenvalue weighted by Gasteiger charge is -2.25. The van der Waals surface area contributed by atoms with E-state index < -0.39 is 6.10 Å². The topological polar surface area (TPSA) is 72.8 Å². The van der Waals surface area contributed by atoms with Gasteiger partial charge in [-0.1, -0.05) is 62.4 Å². The zero-order valence-corrected chi connectivity index (χ0v) is 18.1. The number of thiazole rings is 1. The van der Waals surface area contributed by atoms with Gasteiger partial charge < -0.3 is 9.47 Å². The van der Waals surface area contributed by atoms with Gasteiger partial charge in [0, 0.05) is 12.5 Å². The SMILES string of the molecule is CO[C@H](C(=O)Nc1ncc(SCC2=NCC(C(C)(C)C)O2)s1)c1ccccc1. The Hall–Kier alpha value is -1.90. The minimum Gasteiger partial charge on any atom is -0.475 e. The summed E-state index contributed by atoms with van der Waals surface area (Å²) in [5, 5.41) is 3.38. The van der Waals surface area contributed by atoms with E-state index in [0.717, 1.165) is 15.7 Å². The lowest BCUT2D eigenvalue weighted by molar-refractivity contribution is -0.126. The van der Waals surface area contributed by atoms with Crippen molar-refractivity contribution < 1.29 is 14.3 Å². The fraction of sp³-hybridized carbons (Fsp3) is 0.450. The van der Waals surface area contributed by atoms with Crippen molar-refractivity contribution in [1.82, 2.24) is 4.98 Å². The number of nitrogens with one attached hydrogen (secondary N) is 1. The van der Waals surface area contributed by atoms with Crippen LogP contribution in [0.5, 0.6) is 0 Å². The number of carbonyl (C=O) groups excluding carboxylic acids is 1. The van der Waals surface area contributed by atoms with Crippen LogP contribution in [0, 0.1) is 5.41 Å². The molecule has 1 N–H and O–H groups in total. The Labute approximate surface area is 173 Å². The number of benzene rings is 1. The highest BCUT2D eigenvalue weighted by Crippen LogP contribution is 2.31. The molecule has 150 valence electrons. The van der Waals surface area contributed by atoms with E-state index in [0.29, 0.717) is 17.4 Å². The number of hydrogen-bond donors (Lipinski definition) is 1. The van der Waals surface area contributed by atoms with Gasteiger partial charge in [0.1, 0.15) is 6.10 Å². The summed E-state index contributed by atoms with van der Waals surface area (Å²) in [5.41, 5.74) is 0.882. The molecular formula is C20H25N3O3S2. The van der Waals surface area contributed by atoms with Crippen LogP contribution in [0.3, 0.4) is 0 Å². The van der Waals surface area contributed by atoms with Gasteiger partial charge in [-0.15, -0.1) is 11.8 Å². The first kappa shape index (κ1) is 20.8. The molecule has 0 saturated heterocycles. The number of ether oxygens (including phenoxy) is 2. The van der Waals surface area contributed by atoms with Gasteiger partial charge in [0.2, 0.25) is 0 Å². The molecule has 1 aromatic heterocycles. The molecule has 0 saturated carbocycles. The van der Waals surface area contributed by atoms with Crippen LogP contribution in [0.25, 0.3) is 0 Å². The van der Waals surface area contributed by atoms with Crippen molar-refractivity contribution >= 4 is 40.0 Å². The molecule has 1 aliphatic heterocycles. The molecule has 28 heavy (non-hydrogen) atoms. The fourth-order valence-electron chi connectivity index (χ4n) is 2.66. The fourth-order valence-corrected chi connectivity index (χ4v) is 4.42. The second-order valence-electron chi connectivity index (χ2n) is 7.50. The molecule has 0 aliphatic carbocycles. The van der Waals surface area contributed by atoms with Gasteiger partial charge in [0.05, 0.1) is 22.7 Å². The summed E-state index contributed by atoms with van der Waals surface area (Å²) < 4.78 is 12.3. The van der Waals surface area contributed by atoms with E-state index >= 15 is 0 Å². The molecule has 2 atom stereocenters. The Kier molecular flexibility index (Phi) is 6.74. The number of methoxy groups -OCH3 is 1. The van der Waals surface area contributed by atoms with Gasteiger partial charge in [-0.2, -0.15) is 0 Å². The summed E-state index contributed by atoms with van der Waals surface area (Å²) in [6.45, 7) is 7.18. The lowest BCUT2D eigenvalue weighted by Crippen LogP contribution is -2.29. The van der Waals surface area contributed by atoms with E-state index in [-0.39, 0.29) is 17.4 Å². The summed E-state index contributed by atoms with van der Waals surface area (Å²) in [4.78, 5) is 21.3. The highest BCUT2D eigenvalue weighted by molar-refractivity contribution is 8.01. The van der Waals surface area contributed by atoms with Crippen molar-refractivity contribution in [1.29, 1.82) is 0 Å². The van der Waals surface area contributed by atoms with Crippen LogP contribution < -0.4 is 5.32 Å². The van der Waals surface area contributed by atoms with Gasteiger partial charge >= 0.3 is 0 Å². The Bertz CT molecular complexity index is 831. The van der Waals surface area contributed by atoms with Crippen LogP contribution in [0.1, 0.15) is 32.4 Å². The standard InChI is InChI=1S/C20H25N3O3S2/c1-20(2,3)14-10-21-15(26-14)12-27-16-11-22-19(28-16)23-18(24)17(25-4)13-8-6-5-7-9-13/h5-9,11,14,17H,10,12H2,1-4H3,(H,22,23,24)/t14?,17-/m0/s1. The quantitative estimate of drug-likeness (QED) is 0.673. The van der Waals surface area contributed by atoms with Crippen LogP contribution in [-0.4, -0.2) is 42.3 Å². The summed E-state index contributed by atoms with van der Waals surface area (Å²) in [5.74, 6) is 1.19. The number of amides is 1. The molecule has 8 heteroatoms. The minimum atomic E-state index is -0.670. The second kappa shape index (κ2) is 9.07. The molecule has 1 unspecified atom stereocenters. The van der Waals surface area contributed by atoms with Crippen molar-refractivity contribution in [2.24, 2.45) is 10.4 Å². The van der Waals surface area contributed by atoms with E-state index in [1.807, 2.05) is 30.3 Å². The molecular weight excluding hydrogens is 394 g/mol. The molecule has 0 radical (unpaired) electrons. The van der Waals surface area contributed by atoms with Crippen molar-refractivity contribution in [2.75, 3.05) is 24.7 Å². The third-order valence-corrected chi connectivity index (χ3v) is 6.40. The normalized spacial score (nSPS) is 17.7. The number of nitrogens with zero attached hydrogens (tertiary/aromatic N) is 2. The smallest absolute Gasteiger partial charge is 0.259 e. The molecule has 6 nitrogen and oxygen atoms in total. The Morgan fingerprint density at radius 2 is 2.14 bits per heavy atom. The van der Waals surface area contributed by atoms with Crippen LogP contribution in [0.4, 0.5) is 5.13 Å². The molecule has 1 aliphatic rings. The zero-order chi connectivity index (χ0) is 20.1. The Morgan fingerprint density at radius 1 is 1.39 bits per heavy atom. The predicted molar refractivity (Wildman–Crippen MR) is 114 cm³/mol. The predicted octanol–water partition coefficient (Wildman–Crippen LogP) is 4.40. The summed E-state index contributed by atoms with van der Waals surface area (Å²) in [7, 11) is 1.52. The van der Waals surface area contributed by atoms with Gasteiger partial charge in [-0.3, -0.25) is 15.1 Å². The van der Waals surface area contributed by atoms with E-state index in [9.17, 15) is 4.79 Å². The van der Waals surface area contributed by atoms with Crippen molar-refractivity contribution in [3.05, 3.63) is 42.1 Å². The lowest BCUT2D eigenvalue weighted by atomic mass is 9.89. The average Bonchev–Trinajstić information content (AvgIpc) is 3.30. The van der Waals surface area contributed by atoms with Gasteiger partial charge in [0.15, 0.2) is 17.1 Å².